The van der Waals surface area contributed by atoms with Crippen molar-refractivity contribution in [2.75, 3.05) is 5.88 Å². The van der Waals surface area contributed by atoms with Gasteiger partial charge in [-0.25, -0.2) is 0 Å². The second-order valence-corrected chi connectivity index (χ2v) is 5.45. The van der Waals surface area contributed by atoms with Crippen LogP contribution >= 0.6 is 11.6 Å². The van der Waals surface area contributed by atoms with E-state index >= 15 is 0 Å². The lowest BCUT2D eigenvalue weighted by Crippen LogP contribution is -2.10. The van der Waals surface area contributed by atoms with Crippen molar-refractivity contribution in [1.82, 2.24) is 0 Å². The number of halogens is 1. The zero-order valence-corrected chi connectivity index (χ0v) is 12.1. The van der Waals surface area contributed by atoms with Crippen LogP contribution in [0.2, 0.25) is 0 Å². The Labute approximate surface area is 124 Å². The Kier molecular flexibility index (Phi) is 4.14. The van der Waals surface area contributed by atoms with Crippen LogP contribution in [0.4, 0.5) is 0 Å². The molecule has 0 spiro atoms. The molecule has 2 aromatic rings. The molecule has 0 heterocycles. The first-order chi connectivity index (χ1) is 9.85. The predicted octanol–water partition coefficient (Wildman–Crippen LogP) is 4.75. The zero-order valence-electron chi connectivity index (χ0n) is 11.4. The number of hydrogen-bond acceptors (Lipinski definition) is 1. The molecule has 0 N–H and O–H groups in total. The predicted molar refractivity (Wildman–Crippen MR) is 84.4 cm³/mol. The maximum Gasteiger partial charge on any atom is 0.120 e. The van der Waals surface area contributed by atoms with Crippen molar-refractivity contribution >= 4 is 22.4 Å². The first-order valence-corrected chi connectivity index (χ1v) is 7.64. The van der Waals surface area contributed by atoms with E-state index in [1.807, 2.05) is 6.07 Å². The van der Waals surface area contributed by atoms with Crippen LogP contribution in [0.3, 0.4) is 0 Å². The highest BCUT2D eigenvalue weighted by Gasteiger charge is 2.16. The van der Waals surface area contributed by atoms with Gasteiger partial charge in [-0.1, -0.05) is 24.0 Å². The number of alkyl halides is 1. The van der Waals surface area contributed by atoms with Gasteiger partial charge in [0.15, 0.2) is 0 Å². The minimum absolute atomic E-state index is 0.367. The number of ether oxygens (including phenoxy) is 1. The molecule has 1 fully saturated rings. The fourth-order valence-corrected chi connectivity index (χ4v) is 2.78. The highest BCUT2D eigenvalue weighted by molar-refractivity contribution is 6.19. The summed E-state index contributed by atoms with van der Waals surface area (Å²) in [6.45, 7) is 0. The van der Waals surface area contributed by atoms with Gasteiger partial charge in [0.2, 0.25) is 0 Å². The topological polar surface area (TPSA) is 9.23 Å². The summed E-state index contributed by atoms with van der Waals surface area (Å²) in [5, 5.41) is 2.38. The highest BCUT2D eigenvalue weighted by Crippen LogP contribution is 2.27. The third-order valence-electron chi connectivity index (χ3n) is 3.72. The van der Waals surface area contributed by atoms with Crippen LogP contribution in [-0.2, 0) is 0 Å². The molecule has 0 radical (unpaired) electrons. The quantitative estimate of drug-likeness (QED) is 0.571. The Morgan fingerprint density at radius 2 is 1.80 bits per heavy atom. The van der Waals surface area contributed by atoms with Gasteiger partial charge >= 0.3 is 0 Å². The fraction of sp³-hybridized carbons (Fsp3) is 0.333. The van der Waals surface area contributed by atoms with E-state index < -0.39 is 0 Å². The molecule has 0 unspecified atom stereocenters. The Morgan fingerprint density at radius 1 is 1.05 bits per heavy atom. The van der Waals surface area contributed by atoms with Crippen LogP contribution in [0.5, 0.6) is 5.75 Å². The normalized spacial score (nSPS) is 15.1. The summed E-state index contributed by atoms with van der Waals surface area (Å²) in [6.07, 6.45) is 5.36. The molecule has 3 rings (SSSR count). The summed E-state index contributed by atoms with van der Waals surface area (Å²) >= 11 is 5.58. The van der Waals surface area contributed by atoms with Gasteiger partial charge in [0, 0.05) is 5.56 Å². The van der Waals surface area contributed by atoms with E-state index in [0.717, 1.165) is 11.3 Å². The zero-order chi connectivity index (χ0) is 13.8. The van der Waals surface area contributed by atoms with Crippen molar-refractivity contribution in [3.63, 3.8) is 0 Å². The Bertz CT molecular complexity index is 660. The number of fused-ring (bicyclic) bond motifs is 1. The van der Waals surface area contributed by atoms with Gasteiger partial charge in [-0.15, -0.1) is 11.6 Å². The Hall–Kier alpha value is -1.65. The Balaban J connectivity index is 1.84. The van der Waals surface area contributed by atoms with E-state index in [9.17, 15) is 0 Å². The first-order valence-electron chi connectivity index (χ1n) is 7.10. The monoisotopic (exact) mass is 284 g/mol. The van der Waals surface area contributed by atoms with Crippen molar-refractivity contribution in [1.29, 1.82) is 0 Å². The van der Waals surface area contributed by atoms with E-state index in [-0.39, 0.29) is 0 Å². The highest BCUT2D eigenvalue weighted by atomic mass is 35.5. The minimum atomic E-state index is 0.367. The molecule has 2 heteroatoms. The largest absolute Gasteiger partial charge is 0.490 e. The summed E-state index contributed by atoms with van der Waals surface area (Å²) in [7, 11) is 0. The van der Waals surface area contributed by atoms with Gasteiger partial charge < -0.3 is 4.74 Å². The molecule has 1 aliphatic carbocycles. The molecule has 2 aromatic carbocycles. The Morgan fingerprint density at radius 3 is 2.60 bits per heavy atom. The summed E-state index contributed by atoms with van der Waals surface area (Å²) in [5.74, 6) is 7.27. The van der Waals surface area contributed by atoms with Crippen LogP contribution in [0, 0.1) is 11.8 Å². The number of rotatable bonds is 2. The van der Waals surface area contributed by atoms with E-state index in [0.29, 0.717) is 12.0 Å². The molecule has 0 atom stereocenters. The maximum atomic E-state index is 6.03. The molecule has 0 bridgehead atoms. The van der Waals surface area contributed by atoms with Crippen LogP contribution in [0.1, 0.15) is 31.2 Å². The van der Waals surface area contributed by atoms with E-state index in [4.69, 9.17) is 16.3 Å². The van der Waals surface area contributed by atoms with E-state index in [1.54, 1.807) is 0 Å². The van der Waals surface area contributed by atoms with Crippen molar-refractivity contribution in [3.05, 3.63) is 42.0 Å². The minimum Gasteiger partial charge on any atom is -0.490 e. The first kappa shape index (κ1) is 13.3. The van der Waals surface area contributed by atoms with Gasteiger partial charge in [0.25, 0.3) is 0 Å². The lowest BCUT2D eigenvalue weighted by atomic mass is 10.1. The van der Waals surface area contributed by atoms with E-state index in [2.05, 4.69) is 42.2 Å². The molecular formula is C18H17ClO. The fourth-order valence-electron chi connectivity index (χ4n) is 2.71. The molecule has 0 amide bonds. The second kappa shape index (κ2) is 6.20. The lowest BCUT2D eigenvalue weighted by molar-refractivity contribution is 0.210. The van der Waals surface area contributed by atoms with Gasteiger partial charge in [-0.05, 0) is 60.7 Å². The van der Waals surface area contributed by atoms with Gasteiger partial charge in [-0.3, -0.25) is 0 Å². The molecule has 0 saturated heterocycles. The van der Waals surface area contributed by atoms with Crippen LogP contribution < -0.4 is 4.74 Å². The summed E-state index contributed by atoms with van der Waals surface area (Å²) in [6, 6.07) is 12.5. The standard InChI is InChI=1S/C18H17ClO/c19-11-3-4-14-7-8-16-13-18(10-9-15(16)12-14)20-17-5-1-2-6-17/h7-10,12-13,17H,1-2,5-6,11H2. The van der Waals surface area contributed by atoms with Gasteiger partial charge in [0.1, 0.15) is 5.75 Å². The van der Waals surface area contributed by atoms with Crippen molar-refractivity contribution in [3.8, 4) is 17.6 Å². The second-order valence-electron chi connectivity index (χ2n) is 5.18. The van der Waals surface area contributed by atoms with Crippen molar-refractivity contribution < 1.29 is 4.74 Å². The summed E-state index contributed by atoms with van der Waals surface area (Å²) in [4.78, 5) is 0. The van der Waals surface area contributed by atoms with Gasteiger partial charge in [-0.2, -0.15) is 0 Å². The molecular weight excluding hydrogens is 268 g/mol. The number of benzene rings is 2. The average Bonchev–Trinajstić information content (AvgIpc) is 2.98. The van der Waals surface area contributed by atoms with E-state index in [1.165, 1.54) is 36.5 Å². The third-order valence-corrected chi connectivity index (χ3v) is 3.85. The van der Waals surface area contributed by atoms with Crippen molar-refractivity contribution in [2.24, 2.45) is 0 Å². The maximum absolute atomic E-state index is 6.03. The van der Waals surface area contributed by atoms with Crippen LogP contribution in [-0.4, -0.2) is 12.0 Å². The lowest BCUT2D eigenvalue weighted by Gasteiger charge is -2.13. The number of hydrogen-bond donors (Lipinski definition) is 0. The smallest absolute Gasteiger partial charge is 0.120 e. The third kappa shape index (κ3) is 3.08. The van der Waals surface area contributed by atoms with Crippen LogP contribution in [0.15, 0.2) is 36.4 Å². The average molecular weight is 285 g/mol. The molecule has 1 nitrogen and oxygen atoms in total. The molecule has 1 saturated carbocycles. The summed E-state index contributed by atoms with van der Waals surface area (Å²) < 4.78 is 6.03. The molecule has 1 aliphatic rings. The molecule has 20 heavy (non-hydrogen) atoms. The molecule has 102 valence electrons. The SMILES string of the molecule is ClCC#Cc1ccc2cc(OC3CCCC3)ccc2c1. The van der Waals surface area contributed by atoms with Crippen LogP contribution in [0.25, 0.3) is 10.8 Å². The summed E-state index contributed by atoms with van der Waals surface area (Å²) in [5.41, 5.74) is 1.00. The van der Waals surface area contributed by atoms with Gasteiger partial charge in [0.05, 0.1) is 12.0 Å². The van der Waals surface area contributed by atoms with Crippen molar-refractivity contribution in [2.45, 2.75) is 31.8 Å². The molecule has 0 aliphatic heterocycles. The molecule has 0 aromatic heterocycles.